The number of benzene rings is 1. The normalized spacial score (nSPS) is 13.7. The lowest BCUT2D eigenvalue weighted by atomic mass is 10.1. The summed E-state index contributed by atoms with van der Waals surface area (Å²) in [6, 6.07) is 6.72. The van der Waals surface area contributed by atoms with Crippen LogP contribution in [0.25, 0.3) is 6.08 Å². The van der Waals surface area contributed by atoms with Crippen molar-refractivity contribution in [2.75, 3.05) is 0 Å². The maximum absolute atomic E-state index is 10.7. The van der Waals surface area contributed by atoms with Gasteiger partial charge >= 0.3 is 0 Å². The van der Waals surface area contributed by atoms with E-state index in [2.05, 4.69) is 15.9 Å². The molecule has 0 radical (unpaired) electrons. The van der Waals surface area contributed by atoms with Gasteiger partial charge in [-0.25, -0.2) is 0 Å². The molecule has 0 heterocycles. The molecule has 0 amide bonds. The molecule has 1 unspecified atom stereocenters. The summed E-state index contributed by atoms with van der Waals surface area (Å²) in [6.07, 6.45) is 1.83. The van der Waals surface area contributed by atoms with E-state index in [4.69, 9.17) is 0 Å². The van der Waals surface area contributed by atoms with Crippen molar-refractivity contribution in [3.05, 3.63) is 45.5 Å². The standard InChI is InChI=1S/C11H12BrNO2/c1-8(9(2)12)7-10-5-3-4-6-11(10)13(14)15/h3-7,9H,1-2H3/b8-7+. The topological polar surface area (TPSA) is 43.1 Å². The van der Waals surface area contributed by atoms with Crippen LogP contribution in [0.5, 0.6) is 0 Å². The highest BCUT2D eigenvalue weighted by atomic mass is 79.9. The number of hydrogen-bond donors (Lipinski definition) is 0. The van der Waals surface area contributed by atoms with Crippen molar-refractivity contribution in [2.24, 2.45) is 0 Å². The summed E-state index contributed by atoms with van der Waals surface area (Å²) < 4.78 is 0. The van der Waals surface area contributed by atoms with Gasteiger partial charge < -0.3 is 0 Å². The van der Waals surface area contributed by atoms with Crippen LogP contribution < -0.4 is 0 Å². The van der Waals surface area contributed by atoms with E-state index in [1.54, 1.807) is 18.2 Å². The van der Waals surface area contributed by atoms with Gasteiger partial charge in [0.1, 0.15) is 0 Å². The summed E-state index contributed by atoms with van der Waals surface area (Å²) in [4.78, 5) is 10.6. The van der Waals surface area contributed by atoms with E-state index in [1.165, 1.54) is 6.07 Å². The largest absolute Gasteiger partial charge is 0.276 e. The smallest absolute Gasteiger partial charge is 0.258 e. The summed E-state index contributed by atoms with van der Waals surface area (Å²) in [5.74, 6) is 0. The van der Waals surface area contributed by atoms with E-state index in [0.29, 0.717) is 5.56 Å². The maximum Gasteiger partial charge on any atom is 0.276 e. The molecule has 80 valence electrons. The predicted octanol–water partition coefficient (Wildman–Crippen LogP) is 3.78. The predicted molar refractivity (Wildman–Crippen MR) is 65.1 cm³/mol. The van der Waals surface area contributed by atoms with Gasteiger partial charge in [0.2, 0.25) is 0 Å². The summed E-state index contributed by atoms with van der Waals surface area (Å²) in [7, 11) is 0. The average molecular weight is 270 g/mol. The maximum atomic E-state index is 10.7. The Morgan fingerprint density at radius 1 is 1.53 bits per heavy atom. The SMILES string of the molecule is C/C(=C\c1ccccc1[N+](=O)[O-])C(C)Br. The molecular weight excluding hydrogens is 258 g/mol. The van der Waals surface area contributed by atoms with Crippen LogP contribution >= 0.6 is 15.9 Å². The van der Waals surface area contributed by atoms with E-state index < -0.39 is 0 Å². The zero-order valence-electron chi connectivity index (χ0n) is 8.61. The van der Waals surface area contributed by atoms with Gasteiger partial charge in [0.05, 0.1) is 10.5 Å². The Bertz CT molecular complexity index is 399. The number of allylic oxidation sites excluding steroid dienone is 1. The van der Waals surface area contributed by atoms with E-state index in [-0.39, 0.29) is 15.4 Å². The van der Waals surface area contributed by atoms with E-state index in [0.717, 1.165) is 5.57 Å². The molecule has 3 nitrogen and oxygen atoms in total. The van der Waals surface area contributed by atoms with Crippen molar-refractivity contribution in [3.8, 4) is 0 Å². The first kappa shape index (κ1) is 11.9. The third kappa shape index (κ3) is 3.16. The molecule has 1 atom stereocenters. The van der Waals surface area contributed by atoms with Gasteiger partial charge in [-0.3, -0.25) is 10.1 Å². The molecule has 15 heavy (non-hydrogen) atoms. The molecule has 0 aliphatic heterocycles. The average Bonchev–Trinajstić information content (AvgIpc) is 2.18. The molecule has 4 heteroatoms. The molecule has 0 spiro atoms. The van der Waals surface area contributed by atoms with Crippen LogP contribution in [0.15, 0.2) is 29.8 Å². The Labute approximate surface area is 97.1 Å². The van der Waals surface area contributed by atoms with Gasteiger partial charge in [-0.1, -0.05) is 33.6 Å². The van der Waals surface area contributed by atoms with E-state index in [9.17, 15) is 10.1 Å². The minimum Gasteiger partial charge on any atom is -0.258 e. The fourth-order valence-electron chi connectivity index (χ4n) is 1.14. The molecule has 0 bridgehead atoms. The second kappa shape index (κ2) is 5.07. The monoisotopic (exact) mass is 269 g/mol. The Hall–Kier alpha value is -1.16. The quantitative estimate of drug-likeness (QED) is 0.476. The van der Waals surface area contributed by atoms with Crippen molar-refractivity contribution in [3.63, 3.8) is 0 Å². The van der Waals surface area contributed by atoms with Crippen LogP contribution in [0.3, 0.4) is 0 Å². The van der Waals surface area contributed by atoms with Crippen LogP contribution in [-0.4, -0.2) is 9.75 Å². The third-order valence-electron chi connectivity index (χ3n) is 2.14. The molecule has 0 fully saturated rings. The van der Waals surface area contributed by atoms with Crippen LogP contribution in [-0.2, 0) is 0 Å². The van der Waals surface area contributed by atoms with Crippen LogP contribution in [0.1, 0.15) is 19.4 Å². The molecule has 0 aliphatic carbocycles. The van der Waals surface area contributed by atoms with Crippen molar-refractivity contribution in [1.82, 2.24) is 0 Å². The summed E-state index contributed by atoms with van der Waals surface area (Å²) in [5.41, 5.74) is 1.85. The third-order valence-corrected chi connectivity index (χ3v) is 2.87. The fourth-order valence-corrected chi connectivity index (χ4v) is 1.27. The fraction of sp³-hybridized carbons (Fsp3) is 0.273. The number of alkyl halides is 1. The second-order valence-corrected chi connectivity index (χ2v) is 4.69. The van der Waals surface area contributed by atoms with Crippen LogP contribution in [0.2, 0.25) is 0 Å². The first-order chi connectivity index (χ1) is 7.02. The van der Waals surface area contributed by atoms with Gasteiger partial charge in [0.15, 0.2) is 0 Å². The van der Waals surface area contributed by atoms with Crippen molar-refractivity contribution in [2.45, 2.75) is 18.7 Å². The minimum absolute atomic E-state index is 0.144. The Morgan fingerprint density at radius 3 is 2.67 bits per heavy atom. The molecule has 0 saturated heterocycles. The molecule has 0 aromatic heterocycles. The van der Waals surface area contributed by atoms with Gasteiger partial charge in [-0.05, 0) is 26.0 Å². The molecule has 1 aromatic carbocycles. The number of para-hydroxylation sites is 1. The lowest BCUT2D eigenvalue weighted by molar-refractivity contribution is -0.385. The Morgan fingerprint density at radius 2 is 2.13 bits per heavy atom. The van der Waals surface area contributed by atoms with E-state index in [1.807, 2.05) is 19.9 Å². The summed E-state index contributed by atoms with van der Waals surface area (Å²) >= 11 is 3.42. The number of nitrogens with zero attached hydrogens (tertiary/aromatic N) is 1. The Kier molecular flexibility index (Phi) is 4.03. The van der Waals surface area contributed by atoms with Crippen molar-refractivity contribution >= 4 is 27.7 Å². The zero-order valence-corrected chi connectivity index (χ0v) is 10.2. The first-order valence-corrected chi connectivity index (χ1v) is 5.49. The molecule has 1 rings (SSSR count). The van der Waals surface area contributed by atoms with Crippen LogP contribution in [0.4, 0.5) is 5.69 Å². The highest BCUT2D eigenvalue weighted by Gasteiger charge is 2.10. The highest BCUT2D eigenvalue weighted by molar-refractivity contribution is 9.09. The molecule has 0 saturated carbocycles. The van der Waals surface area contributed by atoms with Crippen molar-refractivity contribution < 1.29 is 4.92 Å². The number of nitro benzene ring substituents is 1. The van der Waals surface area contributed by atoms with Crippen molar-refractivity contribution in [1.29, 1.82) is 0 Å². The number of hydrogen-bond acceptors (Lipinski definition) is 2. The lowest BCUT2D eigenvalue weighted by Crippen LogP contribution is -1.94. The molecule has 1 aromatic rings. The summed E-state index contributed by atoms with van der Waals surface area (Å²) in [6.45, 7) is 3.93. The number of rotatable bonds is 3. The molecule has 0 aliphatic rings. The first-order valence-electron chi connectivity index (χ1n) is 4.58. The van der Waals surface area contributed by atoms with Crippen LogP contribution in [0, 0.1) is 10.1 Å². The van der Waals surface area contributed by atoms with E-state index >= 15 is 0 Å². The summed E-state index contributed by atoms with van der Waals surface area (Å²) in [5, 5.41) is 10.7. The van der Waals surface area contributed by atoms with Gasteiger partial charge in [0, 0.05) is 10.9 Å². The number of nitro groups is 1. The number of halogens is 1. The lowest BCUT2D eigenvalue weighted by Gasteiger charge is -2.03. The second-order valence-electron chi connectivity index (χ2n) is 3.32. The Balaban J connectivity index is 3.15. The minimum atomic E-state index is -0.363. The zero-order chi connectivity index (χ0) is 11.4. The molecule has 0 N–H and O–H groups in total. The van der Waals surface area contributed by atoms with Gasteiger partial charge in [-0.15, -0.1) is 0 Å². The molecular formula is C11H12BrNO2. The van der Waals surface area contributed by atoms with Gasteiger partial charge in [-0.2, -0.15) is 0 Å². The van der Waals surface area contributed by atoms with Gasteiger partial charge in [0.25, 0.3) is 5.69 Å². The highest BCUT2D eigenvalue weighted by Crippen LogP contribution is 2.22.